The first-order chi connectivity index (χ1) is 13.9. The number of pyridine rings is 1. The van der Waals surface area contributed by atoms with Gasteiger partial charge in [0.25, 0.3) is 0 Å². The van der Waals surface area contributed by atoms with Crippen LogP contribution in [0.4, 0.5) is 0 Å². The molecule has 0 spiro atoms. The summed E-state index contributed by atoms with van der Waals surface area (Å²) in [6.45, 7) is 0. The van der Waals surface area contributed by atoms with Crippen LogP contribution in [0.3, 0.4) is 0 Å². The number of nitrogens with zero attached hydrogens (tertiary/aromatic N) is 1. The van der Waals surface area contributed by atoms with Crippen molar-refractivity contribution in [1.82, 2.24) is 4.98 Å². The Bertz CT molecular complexity index is 1080. The highest BCUT2D eigenvalue weighted by atomic mass is 16.5. The van der Waals surface area contributed by atoms with Crippen LogP contribution in [0.1, 0.15) is 22.3 Å². The average Bonchev–Trinajstić information content (AvgIpc) is 2.76. The maximum atomic E-state index is 6.20. The zero-order valence-corrected chi connectivity index (χ0v) is 14.9. The van der Waals surface area contributed by atoms with Crippen LogP contribution in [0.25, 0.3) is 11.1 Å². The molecule has 2 aliphatic rings. The Kier molecular flexibility index (Phi) is 3.17. The average molecular weight is 361 g/mol. The van der Waals surface area contributed by atoms with E-state index in [4.69, 9.17) is 9.47 Å². The first kappa shape index (κ1) is 15.2. The van der Waals surface area contributed by atoms with Gasteiger partial charge in [0, 0.05) is 39.6 Å². The van der Waals surface area contributed by atoms with Gasteiger partial charge in [0.05, 0.1) is 6.20 Å². The number of fused-ring (bicyclic) bond motifs is 4. The molecule has 2 aliphatic heterocycles. The predicted octanol–water partition coefficient (Wildman–Crippen LogP) is 6.30. The summed E-state index contributed by atoms with van der Waals surface area (Å²) in [5, 5.41) is 0. The van der Waals surface area contributed by atoms with Crippen molar-refractivity contribution >= 4 is 11.1 Å². The van der Waals surface area contributed by atoms with Gasteiger partial charge in [0.1, 0.15) is 17.2 Å². The summed E-state index contributed by atoms with van der Waals surface area (Å²) >= 11 is 0. The minimum Gasteiger partial charge on any atom is -0.456 e. The van der Waals surface area contributed by atoms with Gasteiger partial charge in [0.2, 0.25) is 0 Å². The van der Waals surface area contributed by atoms with E-state index >= 15 is 0 Å². The summed E-state index contributed by atoms with van der Waals surface area (Å²) in [6.07, 6.45) is 3.59. The Morgan fingerprint density at radius 2 is 0.893 bits per heavy atom. The summed E-state index contributed by atoms with van der Waals surface area (Å²) in [5.41, 5.74) is 6.56. The molecule has 0 saturated carbocycles. The van der Waals surface area contributed by atoms with Crippen LogP contribution in [0.2, 0.25) is 0 Å². The topological polar surface area (TPSA) is 31.4 Å². The van der Waals surface area contributed by atoms with E-state index in [9.17, 15) is 0 Å². The van der Waals surface area contributed by atoms with Gasteiger partial charge >= 0.3 is 0 Å². The molecular weight excluding hydrogens is 346 g/mol. The molecule has 0 amide bonds. The third-order valence-electron chi connectivity index (χ3n) is 5.21. The quantitative estimate of drug-likeness (QED) is 0.318. The van der Waals surface area contributed by atoms with Crippen LogP contribution in [0.5, 0.6) is 23.0 Å². The van der Waals surface area contributed by atoms with Gasteiger partial charge in [-0.2, -0.15) is 0 Å². The minimum atomic E-state index is 0.769. The first-order valence-electron chi connectivity index (χ1n) is 9.23. The third-order valence-corrected chi connectivity index (χ3v) is 5.21. The third kappa shape index (κ3) is 2.13. The molecule has 1 aromatic heterocycles. The Morgan fingerprint density at radius 3 is 1.43 bits per heavy atom. The fourth-order valence-corrected chi connectivity index (χ4v) is 4.02. The Hall–Kier alpha value is -3.85. The molecule has 0 saturated heterocycles. The largest absolute Gasteiger partial charge is 0.456 e. The van der Waals surface area contributed by atoms with Crippen molar-refractivity contribution in [2.24, 2.45) is 0 Å². The molecule has 3 nitrogen and oxygen atoms in total. The van der Waals surface area contributed by atoms with Gasteiger partial charge < -0.3 is 9.47 Å². The smallest absolute Gasteiger partial charge is 0.153 e. The number of rotatable bonds is 0. The highest BCUT2D eigenvalue weighted by molar-refractivity contribution is 6.09. The standard InChI is InChI=1S/C25H15NO2/c1-4-10-20-16(7-1)24(17-8-2-5-11-21(17)27-20)25-18-9-3-6-12-22(18)28-23-15-26-14-13-19(23)25/h1-15H. The van der Waals surface area contributed by atoms with E-state index in [0.717, 1.165) is 56.4 Å². The van der Waals surface area contributed by atoms with Gasteiger partial charge in [0.15, 0.2) is 5.75 Å². The van der Waals surface area contributed by atoms with Crippen molar-refractivity contribution in [2.45, 2.75) is 0 Å². The van der Waals surface area contributed by atoms with Gasteiger partial charge in [-0.05, 0) is 24.3 Å². The first-order valence-corrected chi connectivity index (χ1v) is 9.23. The SMILES string of the molecule is c1ccc2c(c1)Oc1ccccc1C2=C1c2ccccc2Oc2cnccc21. The monoisotopic (exact) mass is 361 g/mol. The molecule has 6 rings (SSSR count). The molecule has 0 unspecified atom stereocenters. The maximum Gasteiger partial charge on any atom is 0.153 e. The molecule has 3 heterocycles. The van der Waals surface area contributed by atoms with Crippen LogP contribution in [0, 0.1) is 0 Å². The Morgan fingerprint density at radius 1 is 0.464 bits per heavy atom. The van der Waals surface area contributed by atoms with E-state index in [1.165, 1.54) is 0 Å². The molecule has 3 heteroatoms. The minimum absolute atomic E-state index is 0.769. The predicted molar refractivity (Wildman–Crippen MR) is 109 cm³/mol. The van der Waals surface area contributed by atoms with Crippen molar-refractivity contribution in [3.8, 4) is 23.0 Å². The summed E-state index contributed by atoms with van der Waals surface area (Å²) in [7, 11) is 0. The number of para-hydroxylation sites is 3. The van der Waals surface area contributed by atoms with E-state index in [2.05, 4.69) is 35.3 Å². The summed E-state index contributed by atoms with van der Waals surface area (Å²) in [4.78, 5) is 4.27. The molecule has 0 atom stereocenters. The maximum absolute atomic E-state index is 6.20. The van der Waals surface area contributed by atoms with E-state index in [1.54, 1.807) is 6.20 Å². The molecule has 4 aromatic rings. The lowest BCUT2D eigenvalue weighted by Gasteiger charge is -2.29. The molecule has 0 N–H and O–H groups in total. The second-order valence-corrected chi connectivity index (χ2v) is 6.81. The van der Waals surface area contributed by atoms with E-state index in [0.29, 0.717) is 0 Å². The normalized spacial score (nSPS) is 13.4. The molecule has 0 radical (unpaired) electrons. The Labute approximate surface area is 162 Å². The molecule has 3 aromatic carbocycles. The molecule has 0 bridgehead atoms. The number of hydrogen-bond donors (Lipinski definition) is 0. The Balaban J connectivity index is 1.80. The number of ether oxygens (including phenoxy) is 2. The lowest BCUT2D eigenvalue weighted by atomic mass is 9.83. The van der Waals surface area contributed by atoms with Gasteiger partial charge in [-0.25, -0.2) is 0 Å². The van der Waals surface area contributed by atoms with Gasteiger partial charge in [-0.1, -0.05) is 54.6 Å². The zero-order valence-electron chi connectivity index (χ0n) is 14.9. The molecule has 0 aliphatic carbocycles. The highest BCUT2D eigenvalue weighted by Crippen LogP contribution is 2.52. The number of benzene rings is 3. The van der Waals surface area contributed by atoms with Crippen LogP contribution in [-0.4, -0.2) is 4.98 Å². The van der Waals surface area contributed by atoms with Crippen molar-refractivity contribution < 1.29 is 9.47 Å². The second kappa shape index (κ2) is 5.83. The number of hydrogen-bond acceptors (Lipinski definition) is 3. The fourth-order valence-electron chi connectivity index (χ4n) is 4.02. The lowest BCUT2D eigenvalue weighted by Crippen LogP contribution is -2.09. The van der Waals surface area contributed by atoms with Crippen molar-refractivity contribution in [3.63, 3.8) is 0 Å². The molecular formula is C25H15NO2. The van der Waals surface area contributed by atoms with Crippen LogP contribution in [-0.2, 0) is 0 Å². The van der Waals surface area contributed by atoms with Crippen molar-refractivity contribution in [2.75, 3.05) is 0 Å². The molecule has 132 valence electrons. The van der Waals surface area contributed by atoms with Gasteiger partial charge in [-0.3, -0.25) is 4.98 Å². The van der Waals surface area contributed by atoms with Crippen LogP contribution < -0.4 is 9.47 Å². The van der Waals surface area contributed by atoms with Crippen molar-refractivity contribution in [1.29, 1.82) is 0 Å². The highest BCUT2D eigenvalue weighted by Gasteiger charge is 2.30. The lowest BCUT2D eigenvalue weighted by molar-refractivity contribution is 0.470. The second-order valence-electron chi connectivity index (χ2n) is 6.81. The summed E-state index contributed by atoms with van der Waals surface area (Å²) < 4.78 is 12.3. The van der Waals surface area contributed by atoms with E-state index in [1.807, 2.05) is 54.7 Å². The van der Waals surface area contributed by atoms with Gasteiger partial charge in [-0.15, -0.1) is 0 Å². The number of aromatic nitrogens is 1. The van der Waals surface area contributed by atoms with E-state index < -0.39 is 0 Å². The van der Waals surface area contributed by atoms with Crippen molar-refractivity contribution in [3.05, 3.63) is 114 Å². The summed E-state index contributed by atoms with van der Waals surface area (Å²) in [6, 6.07) is 26.6. The van der Waals surface area contributed by atoms with E-state index in [-0.39, 0.29) is 0 Å². The van der Waals surface area contributed by atoms with Crippen LogP contribution in [0.15, 0.2) is 91.3 Å². The van der Waals surface area contributed by atoms with Crippen LogP contribution >= 0.6 is 0 Å². The molecule has 0 fully saturated rings. The molecule has 28 heavy (non-hydrogen) atoms. The zero-order chi connectivity index (χ0) is 18.5. The summed E-state index contributed by atoms with van der Waals surface area (Å²) in [5.74, 6) is 3.34. The fraction of sp³-hybridized carbons (Fsp3) is 0.